The first kappa shape index (κ1) is 26.8. The van der Waals surface area contributed by atoms with Gasteiger partial charge in [-0.05, 0) is 24.3 Å². The van der Waals surface area contributed by atoms with Crippen molar-refractivity contribution in [2.24, 2.45) is 0 Å². The number of carboxylic acids is 4. The number of carboxylic acid groups (broad SMARTS) is 4. The van der Waals surface area contributed by atoms with E-state index in [1.807, 2.05) is 0 Å². The summed E-state index contributed by atoms with van der Waals surface area (Å²) in [5.41, 5.74) is 1.58. The molecule has 0 bridgehead atoms. The zero-order chi connectivity index (χ0) is 26.9. The van der Waals surface area contributed by atoms with Gasteiger partial charge < -0.3 is 20.4 Å². The number of nitrogens with one attached hydrogen (secondary N) is 1. The van der Waals surface area contributed by atoms with Gasteiger partial charge in [-0.15, -0.1) is 0 Å². The standard InChI is InChI=1S/C22H23N7O8/c30-17(31)9-28(10-18(32)33)7-13-3-1-5-15(23-13)21-25-22(27-26-21)16-6-2-4-14(24-16)8-29(11-19(34)35)12-20(36)37/h1-6H,7-12H2,(H,30,31)(H,32,33)(H,34,35)(H,36,37)(H,25,26,27). The Hall–Kier alpha value is -4.76. The topological polar surface area (TPSA) is 223 Å². The Bertz CT molecular complexity index is 1170. The van der Waals surface area contributed by atoms with Gasteiger partial charge in [0, 0.05) is 13.1 Å². The fourth-order valence-electron chi connectivity index (χ4n) is 3.44. The van der Waals surface area contributed by atoms with E-state index in [1.54, 1.807) is 36.4 Å². The SMILES string of the molecule is O=C(O)CN(CC(=O)O)Cc1cccc(-c2n[nH]c(-c3cccc(CN(CC(=O)O)CC(=O)O)n3)n2)n1. The van der Waals surface area contributed by atoms with Crippen LogP contribution < -0.4 is 0 Å². The maximum atomic E-state index is 11.0. The van der Waals surface area contributed by atoms with Crippen LogP contribution in [0.3, 0.4) is 0 Å². The van der Waals surface area contributed by atoms with Crippen LogP contribution in [0.15, 0.2) is 36.4 Å². The zero-order valence-corrected chi connectivity index (χ0v) is 19.3. The molecule has 0 aliphatic heterocycles. The lowest BCUT2D eigenvalue weighted by Gasteiger charge is -2.17. The molecule has 3 aromatic heterocycles. The molecule has 0 saturated heterocycles. The summed E-state index contributed by atoms with van der Waals surface area (Å²) in [5.74, 6) is -4.17. The van der Waals surface area contributed by atoms with Gasteiger partial charge in [0.25, 0.3) is 0 Å². The molecule has 3 heterocycles. The minimum Gasteiger partial charge on any atom is -0.480 e. The van der Waals surface area contributed by atoms with Gasteiger partial charge in [0.15, 0.2) is 11.6 Å². The second-order valence-electron chi connectivity index (χ2n) is 7.90. The first-order valence-electron chi connectivity index (χ1n) is 10.8. The lowest BCUT2D eigenvalue weighted by atomic mass is 10.2. The van der Waals surface area contributed by atoms with E-state index < -0.39 is 50.1 Å². The van der Waals surface area contributed by atoms with E-state index in [2.05, 4.69) is 25.1 Å². The summed E-state index contributed by atoms with van der Waals surface area (Å²) in [5, 5.41) is 43.0. The second-order valence-corrected chi connectivity index (χ2v) is 7.90. The Morgan fingerprint density at radius 3 is 1.54 bits per heavy atom. The molecule has 0 saturated carbocycles. The molecule has 5 N–H and O–H groups in total. The summed E-state index contributed by atoms with van der Waals surface area (Å²) in [6.45, 7) is -1.91. The van der Waals surface area contributed by atoms with Crippen LogP contribution in [-0.2, 0) is 32.3 Å². The molecule has 194 valence electrons. The average Bonchev–Trinajstić information content (AvgIpc) is 3.28. The van der Waals surface area contributed by atoms with Crippen molar-refractivity contribution in [3.05, 3.63) is 47.8 Å². The monoisotopic (exact) mass is 513 g/mol. The van der Waals surface area contributed by atoms with Crippen molar-refractivity contribution < 1.29 is 39.6 Å². The van der Waals surface area contributed by atoms with E-state index in [4.69, 9.17) is 20.4 Å². The van der Waals surface area contributed by atoms with Gasteiger partial charge in [-0.3, -0.25) is 34.1 Å². The Kier molecular flexibility index (Phi) is 8.90. The van der Waals surface area contributed by atoms with Gasteiger partial charge in [0.1, 0.15) is 11.4 Å². The number of rotatable bonds is 14. The van der Waals surface area contributed by atoms with E-state index in [-0.39, 0.29) is 24.7 Å². The summed E-state index contributed by atoms with van der Waals surface area (Å²) < 4.78 is 0. The number of hydrogen-bond donors (Lipinski definition) is 5. The van der Waals surface area contributed by atoms with Crippen molar-refractivity contribution >= 4 is 23.9 Å². The van der Waals surface area contributed by atoms with Crippen molar-refractivity contribution in [1.29, 1.82) is 0 Å². The molecule has 0 amide bonds. The molecule has 0 unspecified atom stereocenters. The summed E-state index contributed by atoms with van der Waals surface area (Å²) in [7, 11) is 0. The van der Waals surface area contributed by atoms with Gasteiger partial charge in [0.05, 0.1) is 37.6 Å². The molecule has 3 rings (SSSR count). The molecule has 0 aliphatic carbocycles. The fraction of sp³-hybridized carbons (Fsp3) is 0.273. The number of nitrogens with zero attached hydrogens (tertiary/aromatic N) is 6. The largest absolute Gasteiger partial charge is 0.480 e. The van der Waals surface area contributed by atoms with Crippen molar-refractivity contribution in [2.45, 2.75) is 13.1 Å². The van der Waals surface area contributed by atoms with Crippen LogP contribution in [-0.4, -0.2) is 105 Å². The third kappa shape index (κ3) is 8.44. The Morgan fingerprint density at radius 2 is 1.08 bits per heavy atom. The molecule has 0 aliphatic rings. The summed E-state index contributed by atoms with van der Waals surface area (Å²) in [6.07, 6.45) is 0. The predicted molar refractivity (Wildman–Crippen MR) is 124 cm³/mol. The molecule has 0 radical (unpaired) electrons. The maximum Gasteiger partial charge on any atom is 0.317 e. The van der Waals surface area contributed by atoms with Crippen LogP contribution in [0.4, 0.5) is 0 Å². The molecule has 0 spiro atoms. The molecular formula is C22H23N7O8. The van der Waals surface area contributed by atoms with Gasteiger partial charge >= 0.3 is 23.9 Å². The zero-order valence-electron chi connectivity index (χ0n) is 19.3. The third-order valence-corrected chi connectivity index (χ3v) is 4.78. The first-order chi connectivity index (χ1) is 17.6. The van der Waals surface area contributed by atoms with Crippen molar-refractivity contribution in [1.82, 2.24) is 34.9 Å². The van der Waals surface area contributed by atoms with Gasteiger partial charge in [-0.25, -0.2) is 15.0 Å². The Morgan fingerprint density at radius 1 is 0.649 bits per heavy atom. The number of H-pyrrole nitrogens is 1. The smallest absolute Gasteiger partial charge is 0.317 e. The van der Waals surface area contributed by atoms with E-state index in [0.29, 0.717) is 22.8 Å². The molecular weight excluding hydrogens is 490 g/mol. The van der Waals surface area contributed by atoms with Crippen LogP contribution in [0.5, 0.6) is 0 Å². The minimum absolute atomic E-state index is 0.0137. The molecule has 0 atom stereocenters. The highest BCUT2D eigenvalue weighted by Gasteiger charge is 2.18. The van der Waals surface area contributed by atoms with Crippen molar-refractivity contribution in [3.8, 4) is 23.0 Å². The quantitative estimate of drug-likeness (QED) is 0.189. The number of carbonyl (C=O) groups is 4. The van der Waals surface area contributed by atoms with E-state index >= 15 is 0 Å². The lowest BCUT2D eigenvalue weighted by Crippen LogP contribution is -2.34. The first-order valence-corrected chi connectivity index (χ1v) is 10.8. The fourth-order valence-corrected chi connectivity index (χ4v) is 3.44. The van der Waals surface area contributed by atoms with Crippen molar-refractivity contribution in [2.75, 3.05) is 26.2 Å². The van der Waals surface area contributed by atoms with Crippen LogP contribution >= 0.6 is 0 Å². The van der Waals surface area contributed by atoms with Gasteiger partial charge in [-0.1, -0.05) is 12.1 Å². The summed E-state index contributed by atoms with van der Waals surface area (Å²) in [4.78, 5) is 59.8. The highest BCUT2D eigenvalue weighted by atomic mass is 16.4. The second kappa shape index (κ2) is 12.3. The van der Waals surface area contributed by atoms with Crippen LogP contribution in [0.1, 0.15) is 11.4 Å². The Labute approximate surface area is 209 Å². The molecule has 0 fully saturated rings. The van der Waals surface area contributed by atoms with Crippen LogP contribution in [0.2, 0.25) is 0 Å². The normalized spacial score (nSPS) is 11.1. The van der Waals surface area contributed by atoms with E-state index in [9.17, 15) is 19.2 Å². The summed E-state index contributed by atoms with van der Waals surface area (Å²) in [6, 6.07) is 9.85. The molecule has 0 aromatic carbocycles. The highest BCUT2D eigenvalue weighted by Crippen LogP contribution is 2.19. The van der Waals surface area contributed by atoms with Crippen LogP contribution in [0.25, 0.3) is 23.0 Å². The highest BCUT2D eigenvalue weighted by molar-refractivity contribution is 5.73. The number of hydrogen-bond acceptors (Lipinski definition) is 10. The number of aromatic amines is 1. The number of aliphatic carboxylic acids is 4. The van der Waals surface area contributed by atoms with Crippen molar-refractivity contribution in [3.63, 3.8) is 0 Å². The van der Waals surface area contributed by atoms with Gasteiger partial charge in [-0.2, -0.15) is 5.10 Å². The maximum absolute atomic E-state index is 11.0. The van der Waals surface area contributed by atoms with Gasteiger partial charge in [0.2, 0.25) is 0 Å². The van der Waals surface area contributed by atoms with E-state index in [0.717, 1.165) is 0 Å². The summed E-state index contributed by atoms with van der Waals surface area (Å²) >= 11 is 0. The Balaban J connectivity index is 1.78. The molecule has 15 heteroatoms. The number of pyridine rings is 2. The molecule has 37 heavy (non-hydrogen) atoms. The average molecular weight is 513 g/mol. The number of aromatic nitrogens is 5. The van der Waals surface area contributed by atoms with Crippen LogP contribution in [0, 0.1) is 0 Å². The third-order valence-electron chi connectivity index (χ3n) is 4.78. The molecule has 15 nitrogen and oxygen atoms in total. The van der Waals surface area contributed by atoms with E-state index in [1.165, 1.54) is 9.80 Å². The molecule has 3 aromatic rings. The predicted octanol–water partition coefficient (Wildman–Crippen LogP) is -0.129. The minimum atomic E-state index is -1.17. The lowest BCUT2D eigenvalue weighted by molar-refractivity contribution is -0.144.